The number of thiophene rings is 1. The largest absolute Gasteiger partial charge is 0.354 e. The topological polar surface area (TPSA) is 96.0 Å². The van der Waals surface area contributed by atoms with Crippen LogP contribution in [-0.4, -0.2) is 24.9 Å². The maximum Gasteiger partial charge on any atom is 0.271 e. The zero-order valence-electron chi connectivity index (χ0n) is 14.7. The molecule has 0 aliphatic heterocycles. The van der Waals surface area contributed by atoms with Crippen molar-refractivity contribution in [1.29, 1.82) is 0 Å². The average Bonchev–Trinajstić information content (AvgIpc) is 3.04. The SMILES string of the molecule is CCNc1nc(C)cc(Nc2ccc(NS(=O)(=O)c3ccc(Br)s3)cc2)n1. The van der Waals surface area contributed by atoms with Gasteiger partial charge in [-0.1, -0.05) is 0 Å². The second-order valence-electron chi connectivity index (χ2n) is 5.61. The van der Waals surface area contributed by atoms with Crippen molar-refractivity contribution in [1.82, 2.24) is 9.97 Å². The maximum absolute atomic E-state index is 12.4. The molecule has 10 heteroatoms. The lowest BCUT2D eigenvalue weighted by Gasteiger charge is -2.10. The molecule has 2 aromatic heterocycles. The van der Waals surface area contributed by atoms with Crippen LogP contribution >= 0.6 is 27.3 Å². The predicted molar refractivity (Wildman–Crippen MR) is 113 cm³/mol. The van der Waals surface area contributed by atoms with Crippen molar-refractivity contribution in [2.75, 3.05) is 21.9 Å². The molecule has 0 radical (unpaired) electrons. The van der Waals surface area contributed by atoms with Crippen molar-refractivity contribution >= 4 is 60.4 Å². The second kappa shape index (κ2) is 8.24. The molecule has 2 heterocycles. The number of hydrogen-bond donors (Lipinski definition) is 3. The van der Waals surface area contributed by atoms with Crippen LogP contribution in [0.3, 0.4) is 0 Å². The van der Waals surface area contributed by atoms with Crippen molar-refractivity contribution < 1.29 is 8.42 Å². The molecule has 0 fully saturated rings. The monoisotopic (exact) mass is 467 g/mol. The lowest BCUT2D eigenvalue weighted by Crippen LogP contribution is -2.11. The summed E-state index contributed by atoms with van der Waals surface area (Å²) in [6.45, 7) is 4.61. The molecule has 0 spiro atoms. The third kappa shape index (κ3) is 5.18. The van der Waals surface area contributed by atoms with Crippen molar-refractivity contribution in [2.45, 2.75) is 18.1 Å². The van der Waals surface area contributed by atoms with Gasteiger partial charge in [0.05, 0.1) is 3.79 Å². The molecule has 0 bridgehead atoms. The van der Waals surface area contributed by atoms with Gasteiger partial charge in [0, 0.05) is 29.7 Å². The molecule has 3 aromatic rings. The van der Waals surface area contributed by atoms with Crippen LogP contribution in [-0.2, 0) is 10.0 Å². The standard InChI is InChI=1S/C17H18BrN5O2S2/c1-3-19-17-20-11(2)10-15(22-17)21-12-4-6-13(7-5-12)23-27(24,25)16-9-8-14(18)26-16/h4-10,23H,3H2,1-2H3,(H2,19,20,21,22). The molecular weight excluding hydrogens is 450 g/mol. The van der Waals surface area contributed by atoms with E-state index in [4.69, 9.17) is 0 Å². The van der Waals surface area contributed by atoms with Gasteiger partial charge in [-0.15, -0.1) is 11.3 Å². The third-order valence-electron chi connectivity index (χ3n) is 3.41. The molecule has 142 valence electrons. The van der Waals surface area contributed by atoms with Gasteiger partial charge in [-0.2, -0.15) is 4.98 Å². The number of nitrogens with one attached hydrogen (secondary N) is 3. The normalized spacial score (nSPS) is 11.2. The van der Waals surface area contributed by atoms with E-state index in [1.807, 2.05) is 19.9 Å². The van der Waals surface area contributed by atoms with Crippen LogP contribution in [0.2, 0.25) is 0 Å². The highest BCUT2D eigenvalue weighted by Crippen LogP contribution is 2.28. The van der Waals surface area contributed by atoms with Gasteiger partial charge in [0.1, 0.15) is 10.0 Å². The van der Waals surface area contributed by atoms with E-state index in [1.165, 1.54) is 0 Å². The first-order chi connectivity index (χ1) is 12.9. The molecule has 0 unspecified atom stereocenters. The van der Waals surface area contributed by atoms with E-state index in [-0.39, 0.29) is 4.21 Å². The number of aryl methyl sites for hydroxylation is 1. The Morgan fingerprint density at radius 3 is 2.41 bits per heavy atom. The van der Waals surface area contributed by atoms with Gasteiger partial charge in [0.15, 0.2) is 0 Å². The summed E-state index contributed by atoms with van der Waals surface area (Å²) >= 11 is 4.43. The second-order valence-corrected chi connectivity index (χ2v) is 9.99. The van der Waals surface area contributed by atoms with Crippen molar-refractivity contribution in [3.05, 3.63) is 51.9 Å². The van der Waals surface area contributed by atoms with Crippen LogP contribution in [0.1, 0.15) is 12.6 Å². The average molecular weight is 468 g/mol. The minimum atomic E-state index is -3.59. The first-order valence-electron chi connectivity index (χ1n) is 8.10. The fourth-order valence-electron chi connectivity index (χ4n) is 2.29. The van der Waals surface area contributed by atoms with Gasteiger partial charge in [-0.3, -0.25) is 4.72 Å². The zero-order chi connectivity index (χ0) is 19.4. The summed E-state index contributed by atoms with van der Waals surface area (Å²) in [5.74, 6) is 1.22. The number of rotatable bonds is 7. The Morgan fingerprint density at radius 1 is 1.07 bits per heavy atom. The summed E-state index contributed by atoms with van der Waals surface area (Å²) in [6, 6.07) is 12.1. The minimum absolute atomic E-state index is 0.254. The molecule has 0 saturated heterocycles. The number of nitrogens with zero attached hydrogens (tertiary/aromatic N) is 2. The highest BCUT2D eigenvalue weighted by molar-refractivity contribution is 9.11. The quantitative estimate of drug-likeness (QED) is 0.470. The van der Waals surface area contributed by atoms with Gasteiger partial charge >= 0.3 is 0 Å². The molecule has 7 nitrogen and oxygen atoms in total. The van der Waals surface area contributed by atoms with E-state index < -0.39 is 10.0 Å². The summed E-state index contributed by atoms with van der Waals surface area (Å²) in [7, 11) is -3.59. The third-order valence-corrected chi connectivity index (χ3v) is 6.91. The van der Waals surface area contributed by atoms with Crippen molar-refractivity contribution in [3.8, 4) is 0 Å². The molecule has 0 atom stereocenters. The Kier molecular flexibility index (Phi) is 5.98. The zero-order valence-corrected chi connectivity index (χ0v) is 17.9. The minimum Gasteiger partial charge on any atom is -0.354 e. The number of sulfonamides is 1. The molecule has 0 aliphatic carbocycles. The summed E-state index contributed by atoms with van der Waals surface area (Å²) in [5.41, 5.74) is 2.12. The van der Waals surface area contributed by atoms with E-state index in [0.29, 0.717) is 17.5 Å². The number of halogens is 1. The highest BCUT2D eigenvalue weighted by atomic mass is 79.9. The number of benzene rings is 1. The number of aromatic nitrogens is 2. The first-order valence-corrected chi connectivity index (χ1v) is 11.2. The van der Waals surface area contributed by atoms with E-state index in [0.717, 1.165) is 33.0 Å². The summed E-state index contributed by atoms with van der Waals surface area (Å²) in [6.07, 6.45) is 0. The number of hydrogen-bond acceptors (Lipinski definition) is 7. The Labute approximate surface area is 170 Å². The smallest absolute Gasteiger partial charge is 0.271 e. The van der Waals surface area contributed by atoms with Gasteiger partial charge in [0.25, 0.3) is 10.0 Å². The Bertz CT molecular complexity index is 1040. The molecule has 3 rings (SSSR count). The van der Waals surface area contributed by atoms with Crippen LogP contribution in [0.5, 0.6) is 0 Å². The maximum atomic E-state index is 12.4. The molecule has 0 aliphatic rings. The van der Waals surface area contributed by atoms with Crippen LogP contribution in [0.4, 0.5) is 23.1 Å². The Balaban J connectivity index is 1.72. The predicted octanol–water partition coefficient (Wildman–Crippen LogP) is 4.59. The van der Waals surface area contributed by atoms with E-state index in [1.54, 1.807) is 36.4 Å². The van der Waals surface area contributed by atoms with E-state index in [2.05, 4.69) is 41.3 Å². The summed E-state index contributed by atoms with van der Waals surface area (Å²) in [4.78, 5) is 8.70. The van der Waals surface area contributed by atoms with Crippen LogP contribution in [0.15, 0.2) is 50.5 Å². The van der Waals surface area contributed by atoms with Crippen molar-refractivity contribution in [2.24, 2.45) is 0 Å². The molecule has 3 N–H and O–H groups in total. The van der Waals surface area contributed by atoms with Crippen molar-refractivity contribution in [3.63, 3.8) is 0 Å². The van der Waals surface area contributed by atoms with Crippen LogP contribution in [0.25, 0.3) is 0 Å². The fourth-order valence-corrected chi connectivity index (χ4v) is 5.36. The molecule has 0 amide bonds. The van der Waals surface area contributed by atoms with Gasteiger partial charge in [-0.05, 0) is 66.2 Å². The lowest BCUT2D eigenvalue weighted by molar-refractivity contribution is 0.603. The molecule has 0 saturated carbocycles. The lowest BCUT2D eigenvalue weighted by atomic mass is 10.3. The molecule has 27 heavy (non-hydrogen) atoms. The van der Waals surface area contributed by atoms with Crippen LogP contribution < -0.4 is 15.4 Å². The highest BCUT2D eigenvalue weighted by Gasteiger charge is 2.16. The Hall–Kier alpha value is -2.17. The molecule has 1 aromatic carbocycles. The van der Waals surface area contributed by atoms with Gasteiger partial charge in [-0.25, -0.2) is 13.4 Å². The van der Waals surface area contributed by atoms with Crippen LogP contribution in [0, 0.1) is 6.92 Å². The van der Waals surface area contributed by atoms with E-state index in [9.17, 15) is 8.42 Å². The first kappa shape index (κ1) is 19.6. The summed E-state index contributed by atoms with van der Waals surface area (Å²) < 4.78 is 28.3. The Morgan fingerprint density at radius 2 is 1.78 bits per heavy atom. The number of anilines is 4. The van der Waals surface area contributed by atoms with E-state index >= 15 is 0 Å². The van der Waals surface area contributed by atoms with Gasteiger partial charge < -0.3 is 10.6 Å². The van der Waals surface area contributed by atoms with Gasteiger partial charge in [0.2, 0.25) is 5.95 Å². The fraction of sp³-hybridized carbons (Fsp3) is 0.176. The molecular formula is C17H18BrN5O2S2. The summed E-state index contributed by atoms with van der Waals surface area (Å²) in [5, 5.41) is 6.28.